The Hall–Kier alpha value is -0.990. The maximum Gasteiger partial charge on any atom is 0.307 e. The molecular weight excluding hydrogens is 341 g/mol. The maximum absolute atomic E-state index is 13.2. The summed E-state index contributed by atoms with van der Waals surface area (Å²) in [6, 6.07) is 3.46. The molecule has 1 aromatic carbocycles. The Morgan fingerprint density at radius 1 is 1.47 bits per heavy atom. The highest BCUT2D eigenvalue weighted by Gasteiger charge is 2.16. The van der Waals surface area contributed by atoms with Crippen LogP contribution in [0.25, 0.3) is 0 Å². The molecule has 0 bridgehead atoms. The van der Waals surface area contributed by atoms with E-state index in [1.165, 1.54) is 12.1 Å². The van der Waals surface area contributed by atoms with Crippen LogP contribution in [-0.4, -0.2) is 27.5 Å². The topological polar surface area (TPSA) is 72.5 Å². The molecule has 0 fully saturated rings. The molecule has 1 aromatic rings. The second-order valence-electron chi connectivity index (χ2n) is 3.53. The van der Waals surface area contributed by atoms with Crippen LogP contribution in [0.1, 0.15) is 13.3 Å². The van der Waals surface area contributed by atoms with Gasteiger partial charge in [-0.3, -0.25) is 4.79 Å². The first-order valence-corrected chi connectivity index (χ1v) is 7.74. The van der Waals surface area contributed by atoms with Crippen molar-refractivity contribution >= 4 is 31.9 Å². The molecule has 0 aliphatic rings. The van der Waals surface area contributed by atoms with Gasteiger partial charge in [0.2, 0.25) is 10.0 Å². The van der Waals surface area contributed by atoms with Crippen LogP contribution >= 0.6 is 15.9 Å². The monoisotopic (exact) mass is 353 g/mol. The van der Waals surface area contributed by atoms with Crippen LogP contribution in [0, 0.1) is 5.82 Å². The first-order chi connectivity index (χ1) is 8.86. The quantitative estimate of drug-likeness (QED) is 0.791. The van der Waals surface area contributed by atoms with E-state index >= 15 is 0 Å². The van der Waals surface area contributed by atoms with E-state index in [0.29, 0.717) is 0 Å². The van der Waals surface area contributed by atoms with Crippen molar-refractivity contribution in [2.45, 2.75) is 18.2 Å². The minimum absolute atomic E-state index is 0.0773. The molecule has 0 unspecified atom stereocenters. The standard InChI is InChI=1S/C11H13BrFNO4S/c1-2-18-11(15)5-6-14-19(16,17)8-3-4-9(12)10(13)7-8/h3-4,7,14H,2,5-6H2,1H3. The lowest BCUT2D eigenvalue weighted by atomic mass is 10.3. The van der Waals surface area contributed by atoms with Crippen molar-refractivity contribution in [1.29, 1.82) is 0 Å². The van der Waals surface area contributed by atoms with Crippen LogP contribution in [-0.2, 0) is 19.6 Å². The van der Waals surface area contributed by atoms with Crippen molar-refractivity contribution in [2.75, 3.05) is 13.2 Å². The third-order valence-corrected chi connectivity index (χ3v) is 4.23. The molecule has 19 heavy (non-hydrogen) atoms. The van der Waals surface area contributed by atoms with Gasteiger partial charge in [-0.25, -0.2) is 17.5 Å². The molecule has 106 valence electrons. The van der Waals surface area contributed by atoms with Crippen molar-refractivity contribution in [3.05, 3.63) is 28.5 Å². The molecular formula is C11H13BrFNO4S. The molecule has 0 aliphatic carbocycles. The first kappa shape index (κ1) is 16.1. The lowest BCUT2D eigenvalue weighted by Gasteiger charge is -2.07. The summed E-state index contributed by atoms with van der Waals surface area (Å²) in [4.78, 5) is 10.8. The molecule has 0 heterocycles. The smallest absolute Gasteiger partial charge is 0.307 e. The summed E-state index contributed by atoms with van der Waals surface area (Å²) in [5.41, 5.74) is 0. The minimum atomic E-state index is -3.83. The van der Waals surface area contributed by atoms with Crippen LogP contribution in [0.3, 0.4) is 0 Å². The van der Waals surface area contributed by atoms with E-state index in [1.807, 2.05) is 0 Å². The number of nitrogens with one attached hydrogen (secondary N) is 1. The zero-order valence-electron chi connectivity index (χ0n) is 10.2. The van der Waals surface area contributed by atoms with E-state index in [0.717, 1.165) is 6.07 Å². The number of ether oxygens (including phenoxy) is 1. The number of benzene rings is 1. The molecule has 0 aromatic heterocycles. The van der Waals surface area contributed by atoms with Crippen LogP contribution in [0.2, 0.25) is 0 Å². The van der Waals surface area contributed by atoms with E-state index in [4.69, 9.17) is 0 Å². The highest BCUT2D eigenvalue weighted by molar-refractivity contribution is 9.10. The van der Waals surface area contributed by atoms with Crippen LogP contribution in [0.15, 0.2) is 27.6 Å². The third kappa shape index (κ3) is 4.88. The molecule has 0 atom stereocenters. The fraction of sp³-hybridized carbons (Fsp3) is 0.364. The van der Waals surface area contributed by atoms with E-state index in [2.05, 4.69) is 25.4 Å². The molecule has 1 N–H and O–H groups in total. The van der Waals surface area contributed by atoms with Gasteiger partial charge >= 0.3 is 5.97 Å². The van der Waals surface area contributed by atoms with Gasteiger partial charge in [-0.05, 0) is 41.1 Å². The molecule has 0 amide bonds. The van der Waals surface area contributed by atoms with E-state index in [9.17, 15) is 17.6 Å². The molecule has 0 saturated carbocycles. The maximum atomic E-state index is 13.2. The van der Waals surface area contributed by atoms with Crippen LogP contribution in [0.4, 0.5) is 4.39 Å². The average Bonchev–Trinajstić information content (AvgIpc) is 2.32. The van der Waals surface area contributed by atoms with Gasteiger partial charge in [-0.1, -0.05) is 0 Å². The Morgan fingerprint density at radius 2 is 2.16 bits per heavy atom. The third-order valence-electron chi connectivity index (χ3n) is 2.13. The number of halogens is 2. The van der Waals surface area contributed by atoms with Crippen molar-refractivity contribution in [1.82, 2.24) is 4.72 Å². The number of esters is 1. The molecule has 0 spiro atoms. The number of sulfonamides is 1. The predicted molar refractivity (Wildman–Crippen MR) is 70.5 cm³/mol. The predicted octanol–water partition coefficient (Wildman–Crippen LogP) is 1.82. The molecule has 8 heteroatoms. The number of carbonyl (C=O) groups excluding carboxylic acids is 1. The Labute approximate surface area is 119 Å². The Bertz CT molecular complexity index is 562. The van der Waals surface area contributed by atoms with E-state index in [-0.39, 0.29) is 28.9 Å². The highest BCUT2D eigenvalue weighted by Crippen LogP contribution is 2.19. The van der Waals surface area contributed by atoms with Crippen LogP contribution < -0.4 is 4.72 Å². The number of hydrogen-bond donors (Lipinski definition) is 1. The Morgan fingerprint density at radius 3 is 2.74 bits per heavy atom. The summed E-state index contributed by atoms with van der Waals surface area (Å²) in [5.74, 6) is -1.17. The van der Waals surface area contributed by atoms with E-state index < -0.39 is 21.8 Å². The van der Waals surface area contributed by atoms with Gasteiger partial charge in [-0.15, -0.1) is 0 Å². The summed E-state index contributed by atoms with van der Waals surface area (Å²) in [6.07, 6.45) is -0.0773. The summed E-state index contributed by atoms with van der Waals surface area (Å²) in [7, 11) is -3.83. The SMILES string of the molecule is CCOC(=O)CCNS(=O)(=O)c1ccc(Br)c(F)c1. The van der Waals surface area contributed by atoms with Gasteiger partial charge in [0, 0.05) is 6.54 Å². The summed E-state index contributed by atoms with van der Waals surface area (Å²) < 4.78 is 43.9. The van der Waals surface area contributed by atoms with Crippen molar-refractivity contribution in [3.8, 4) is 0 Å². The molecule has 1 rings (SSSR count). The first-order valence-electron chi connectivity index (χ1n) is 5.47. The van der Waals surface area contributed by atoms with Gasteiger partial charge in [0.1, 0.15) is 5.82 Å². The summed E-state index contributed by atoms with van der Waals surface area (Å²) >= 11 is 2.93. The normalized spacial score (nSPS) is 11.3. The van der Waals surface area contributed by atoms with Gasteiger partial charge in [0.25, 0.3) is 0 Å². The highest BCUT2D eigenvalue weighted by atomic mass is 79.9. The van der Waals surface area contributed by atoms with E-state index in [1.54, 1.807) is 6.92 Å². The average molecular weight is 354 g/mol. The van der Waals surface area contributed by atoms with Gasteiger partial charge in [0.05, 0.1) is 22.4 Å². The van der Waals surface area contributed by atoms with Crippen molar-refractivity contribution in [3.63, 3.8) is 0 Å². The molecule has 0 saturated heterocycles. The van der Waals surface area contributed by atoms with Crippen molar-refractivity contribution < 1.29 is 22.3 Å². The zero-order chi connectivity index (χ0) is 14.5. The molecule has 5 nitrogen and oxygen atoms in total. The van der Waals surface area contributed by atoms with Gasteiger partial charge < -0.3 is 4.74 Å². The van der Waals surface area contributed by atoms with Gasteiger partial charge in [0.15, 0.2) is 0 Å². The molecule has 0 aliphatic heterocycles. The molecule has 0 radical (unpaired) electrons. The van der Waals surface area contributed by atoms with Gasteiger partial charge in [-0.2, -0.15) is 0 Å². The minimum Gasteiger partial charge on any atom is -0.466 e. The number of carbonyl (C=O) groups is 1. The Kier molecular flexibility index (Phi) is 5.89. The lowest BCUT2D eigenvalue weighted by molar-refractivity contribution is -0.142. The fourth-order valence-electron chi connectivity index (χ4n) is 1.25. The number of rotatable bonds is 6. The van der Waals surface area contributed by atoms with Crippen molar-refractivity contribution in [2.24, 2.45) is 0 Å². The Balaban J connectivity index is 2.66. The number of hydrogen-bond acceptors (Lipinski definition) is 4. The lowest BCUT2D eigenvalue weighted by Crippen LogP contribution is -2.26. The summed E-state index contributed by atoms with van der Waals surface area (Å²) in [5, 5.41) is 0. The summed E-state index contributed by atoms with van der Waals surface area (Å²) in [6.45, 7) is 1.80. The second-order valence-corrected chi connectivity index (χ2v) is 6.15. The fourth-order valence-corrected chi connectivity index (χ4v) is 2.54. The van der Waals surface area contributed by atoms with Crippen LogP contribution in [0.5, 0.6) is 0 Å². The largest absolute Gasteiger partial charge is 0.466 e. The zero-order valence-corrected chi connectivity index (χ0v) is 12.6. The second kappa shape index (κ2) is 6.97.